The van der Waals surface area contributed by atoms with Crippen LogP contribution in [0.25, 0.3) is 11.3 Å². The van der Waals surface area contributed by atoms with Crippen LogP contribution in [0, 0.1) is 0 Å². The van der Waals surface area contributed by atoms with Crippen molar-refractivity contribution < 1.29 is 4.74 Å². The Balaban J connectivity index is 1.47. The molecule has 25 heavy (non-hydrogen) atoms. The maximum atomic E-state index is 12.4. The van der Waals surface area contributed by atoms with Gasteiger partial charge < -0.3 is 9.64 Å². The summed E-state index contributed by atoms with van der Waals surface area (Å²) in [5, 5.41) is 0. The fourth-order valence-corrected chi connectivity index (χ4v) is 3.54. The number of ether oxygens (including phenoxy) is 1. The van der Waals surface area contributed by atoms with Gasteiger partial charge in [-0.25, -0.2) is 4.98 Å². The lowest BCUT2D eigenvalue weighted by Gasteiger charge is -2.27. The zero-order valence-electron chi connectivity index (χ0n) is 14.4. The second kappa shape index (κ2) is 7.37. The van der Waals surface area contributed by atoms with E-state index < -0.39 is 0 Å². The second-order valence-electron chi connectivity index (χ2n) is 6.59. The Bertz CT molecular complexity index is 769. The van der Waals surface area contributed by atoms with E-state index in [1.54, 1.807) is 10.6 Å². The van der Waals surface area contributed by atoms with Crippen LogP contribution >= 0.6 is 0 Å². The molecular formula is C19H24N4O2. The number of hydrogen-bond donors (Lipinski definition) is 0. The van der Waals surface area contributed by atoms with Crippen molar-refractivity contribution in [3.63, 3.8) is 0 Å². The molecule has 6 nitrogen and oxygen atoms in total. The zero-order valence-corrected chi connectivity index (χ0v) is 14.4. The molecule has 2 aromatic rings. The lowest BCUT2D eigenvalue weighted by atomic mass is 10.1. The molecule has 0 spiro atoms. The highest BCUT2D eigenvalue weighted by Gasteiger charge is 2.22. The number of fused-ring (bicyclic) bond motifs is 1. The van der Waals surface area contributed by atoms with Crippen LogP contribution in [-0.2, 0) is 11.3 Å². The summed E-state index contributed by atoms with van der Waals surface area (Å²) in [6.07, 6.45) is 1.07. The lowest BCUT2D eigenvalue weighted by molar-refractivity contribution is 0.0376. The highest BCUT2D eigenvalue weighted by molar-refractivity contribution is 5.60. The third-order valence-electron chi connectivity index (χ3n) is 4.94. The minimum absolute atomic E-state index is 0.0412. The van der Waals surface area contributed by atoms with Crippen molar-refractivity contribution in [1.82, 2.24) is 14.5 Å². The van der Waals surface area contributed by atoms with Gasteiger partial charge in [0.15, 0.2) is 0 Å². The molecule has 0 amide bonds. The molecule has 6 heteroatoms. The molecular weight excluding hydrogens is 316 g/mol. The molecule has 0 unspecified atom stereocenters. The number of benzene rings is 1. The van der Waals surface area contributed by atoms with Crippen molar-refractivity contribution in [3.8, 4) is 11.3 Å². The van der Waals surface area contributed by atoms with Crippen LogP contribution in [0.2, 0.25) is 0 Å². The Morgan fingerprint density at radius 1 is 1.00 bits per heavy atom. The number of nitrogens with zero attached hydrogens (tertiary/aromatic N) is 4. The van der Waals surface area contributed by atoms with E-state index in [1.165, 1.54) is 0 Å². The maximum absolute atomic E-state index is 12.4. The Labute approximate surface area is 147 Å². The van der Waals surface area contributed by atoms with Gasteiger partial charge in [0.05, 0.1) is 18.9 Å². The normalized spacial score (nSPS) is 17.7. The van der Waals surface area contributed by atoms with Crippen LogP contribution < -0.4 is 10.5 Å². The molecule has 132 valence electrons. The summed E-state index contributed by atoms with van der Waals surface area (Å²) in [5.74, 6) is 0.813. The summed E-state index contributed by atoms with van der Waals surface area (Å²) < 4.78 is 7.19. The third kappa shape index (κ3) is 3.60. The van der Waals surface area contributed by atoms with Crippen molar-refractivity contribution in [2.45, 2.75) is 13.0 Å². The molecule has 2 aliphatic heterocycles. The molecule has 1 aromatic carbocycles. The van der Waals surface area contributed by atoms with Gasteiger partial charge in [-0.2, -0.15) is 0 Å². The third-order valence-corrected chi connectivity index (χ3v) is 4.94. The smallest absolute Gasteiger partial charge is 0.255 e. The van der Waals surface area contributed by atoms with E-state index in [4.69, 9.17) is 9.72 Å². The van der Waals surface area contributed by atoms with E-state index in [2.05, 4.69) is 9.80 Å². The molecule has 0 radical (unpaired) electrons. The van der Waals surface area contributed by atoms with Gasteiger partial charge in [-0.15, -0.1) is 0 Å². The minimum Gasteiger partial charge on any atom is -0.379 e. The molecule has 0 bridgehead atoms. The maximum Gasteiger partial charge on any atom is 0.255 e. The van der Waals surface area contributed by atoms with Crippen LogP contribution in [0.5, 0.6) is 0 Å². The molecule has 1 aromatic heterocycles. The summed E-state index contributed by atoms with van der Waals surface area (Å²) in [7, 11) is 0. The highest BCUT2D eigenvalue weighted by atomic mass is 16.5. The van der Waals surface area contributed by atoms with Crippen LogP contribution in [0.15, 0.2) is 41.2 Å². The fraction of sp³-hybridized carbons (Fsp3) is 0.474. The number of anilines is 1. The number of hydrogen-bond acceptors (Lipinski definition) is 5. The molecule has 1 fully saturated rings. The van der Waals surface area contributed by atoms with E-state index in [0.29, 0.717) is 0 Å². The first-order valence-electron chi connectivity index (χ1n) is 9.03. The second-order valence-corrected chi connectivity index (χ2v) is 6.59. The molecule has 0 N–H and O–H groups in total. The quantitative estimate of drug-likeness (QED) is 0.825. The average molecular weight is 340 g/mol. The van der Waals surface area contributed by atoms with Crippen molar-refractivity contribution in [2.75, 3.05) is 50.8 Å². The lowest BCUT2D eigenvalue weighted by Crippen LogP contribution is -2.38. The molecule has 0 saturated carbocycles. The van der Waals surface area contributed by atoms with E-state index in [1.807, 2.05) is 30.3 Å². The zero-order chi connectivity index (χ0) is 17.1. The standard InChI is InChI=1S/C19H24N4O2/c24-18-15-17(16-5-2-1-3-6-16)20-19-22(9-10-23(18)19)8-4-7-21-11-13-25-14-12-21/h1-3,5-6,15H,4,7-14H2. The summed E-state index contributed by atoms with van der Waals surface area (Å²) in [4.78, 5) is 21.9. The SMILES string of the molecule is O=c1cc(-c2ccccc2)nc2n1CCN2CCCN1CCOCC1. The van der Waals surface area contributed by atoms with Crippen molar-refractivity contribution in [3.05, 3.63) is 46.8 Å². The monoisotopic (exact) mass is 340 g/mol. The Morgan fingerprint density at radius 2 is 1.80 bits per heavy atom. The number of rotatable bonds is 5. The van der Waals surface area contributed by atoms with Crippen molar-refractivity contribution in [1.29, 1.82) is 0 Å². The molecule has 1 saturated heterocycles. The fourth-order valence-electron chi connectivity index (χ4n) is 3.54. The molecule has 0 atom stereocenters. The van der Waals surface area contributed by atoms with Crippen LogP contribution in [0.3, 0.4) is 0 Å². The summed E-state index contributed by atoms with van der Waals surface area (Å²) in [6, 6.07) is 11.6. The molecule has 3 heterocycles. The Kier molecular flexibility index (Phi) is 4.81. The highest BCUT2D eigenvalue weighted by Crippen LogP contribution is 2.22. The first-order chi connectivity index (χ1) is 12.3. The first kappa shape index (κ1) is 16.3. The number of aromatic nitrogens is 2. The largest absolute Gasteiger partial charge is 0.379 e. The van der Waals surface area contributed by atoms with Gasteiger partial charge in [0.2, 0.25) is 5.95 Å². The van der Waals surface area contributed by atoms with E-state index >= 15 is 0 Å². The summed E-state index contributed by atoms with van der Waals surface area (Å²) in [6.45, 7) is 7.31. The van der Waals surface area contributed by atoms with E-state index in [0.717, 1.165) is 76.1 Å². The molecule has 2 aliphatic rings. The Hall–Kier alpha value is -2.18. The van der Waals surface area contributed by atoms with Gasteiger partial charge in [-0.05, 0) is 6.42 Å². The predicted molar refractivity (Wildman–Crippen MR) is 98.0 cm³/mol. The summed E-state index contributed by atoms with van der Waals surface area (Å²) in [5.41, 5.74) is 1.79. The van der Waals surface area contributed by atoms with Gasteiger partial charge in [0.1, 0.15) is 0 Å². The van der Waals surface area contributed by atoms with E-state index in [-0.39, 0.29) is 5.56 Å². The first-order valence-corrected chi connectivity index (χ1v) is 9.03. The van der Waals surface area contributed by atoms with Crippen LogP contribution in [0.4, 0.5) is 5.95 Å². The van der Waals surface area contributed by atoms with Gasteiger partial charge >= 0.3 is 0 Å². The molecule has 4 rings (SSSR count). The van der Waals surface area contributed by atoms with Crippen LogP contribution in [0.1, 0.15) is 6.42 Å². The predicted octanol–water partition coefficient (Wildman–Crippen LogP) is 1.45. The van der Waals surface area contributed by atoms with Gasteiger partial charge in [-0.3, -0.25) is 14.3 Å². The van der Waals surface area contributed by atoms with E-state index in [9.17, 15) is 4.79 Å². The van der Waals surface area contributed by atoms with Gasteiger partial charge in [0.25, 0.3) is 5.56 Å². The van der Waals surface area contributed by atoms with Gasteiger partial charge in [0, 0.05) is 50.9 Å². The van der Waals surface area contributed by atoms with Gasteiger partial charge in [-0.1, -0.05) is 30.3 Å². The topological polar surface area (TPSA) is 50.6 Å². The Morgan fingerprint density at radius 3 is 2.60 bits per heavy atom. The van der Waals surface area contributed by atoms with Crippen molar-refractivity contribution in [2.24, 2.45) is 0 Å². The minimum atomic E-state index is 0.0412. The van der Waals surface area contributed by atoms with Crippen molar-refractivity contribution >= 4 is 5.95 Å². The average Bonchev–Trinajstić information content (AvgIpc) is 3.07. The summed E-state index contributed by atoms with van der Waals surface area (Å²) >= 11 is 0. The van der Waals surface area contributed by atoms with Crippen LogP contribution in [-0.4, -0.2) is 60.4 Å². The number of morpholine rings is 1. The molecule has 0 aliphatic carbocycles.